The molecule has 0 aliphatic heterocycles. The van der Waals surface area contributed by atoms with Crippen molar-refractivity contribution in [3.8, 4) is 0 Å². The van der Waals surface area contributed by atoms with Crippen molar-refractivity contribution in [3.63, 3.8) is 0 Å². The van der Waals surface area contributed by atoms with Crippen molar-refractivity contribution < 1.29 is 13.6 Å². The highest BCUT2D eigenvalue weighted by atomic mass is 35.5. The molecule has 8 heteroatoms. The smallest absolute Gasteiger partial charge is 0.290 e. The third-order valence-corrected chi connectivity index (χ3v) is 3.99. The second-order valence-electron chi connectivity index (χ2n) is 1.90. The Hall–Kier alpha value is -0.630. The van der Waals surface area contributed by atoms with Crippen LogP contribution in [0.25, 0.3) is 0 Å². The third-order valence-electron chi connectivity index (χ3n) is 1.05. The summed E-state index contributed by atoms with van der Waals surface area (Å²) in [4.78, 5) is 0. The summed E-state index contributed by atoms with van der Waals surface area (Å²) < 4.78 is 25.9. The molecule has 0 unspecified atom stereocenters. The highest BCUT2D eigenvalue weighted by molar-refractivity contribution is 7.92. The summed E-state index contributed by atoms with van der Waals surface area (Å²) in [6, 6.07) is 2.80. The summed E-state index contributed by atoms with van der Waals surface area (Å²) in [5, 5.41) is 8.10. The van der Waals surface area contributed by atoms with Crippen LogP contribution in [0.3, 0.4) is 0 Å². The molecule has 0 fully saturated rings. The van der Waals surface area contributed by atoms with E-state index in [1.54, 1.807) is 0 Å². The van der Waals surface area contributed by atoms with E-state index in [9.17, 15) is 8.42 Å². The molecule has 2 N–H and O–H groups in total. The number of sulfonamides is 1. The molecule has 0 bridgehead atoms. The highest BCUT2D eigenvalue weighted by Crippen LogP contribution is 2.26. The maximum absolute atomic E-state index is 11.2. The van der Waals surface area contributed by atoms with Gasteiger partial charge in [-0.05, 0) is 12.1 Å². The van der Waals surface area contributed by atoms with Crippen molar-refractivity contribution in [1.29, 1.82) is 0 Å². The zero-order chi connectivity index (χ0) is 9.90. The number of hydrogen-bond donors (Lipinski definition) is 2. The van der Waals surface area contributed by atoms with E-state index in [1.165, 1.54) is 17.6 Å². The zero-order valence-electron chi connectivity index (χ0n) is 6.14. The predicted molar refractivity (Wildman–Crippen MR) is 49.9 cm³/mol. The Kier molecular flexibility index (Phi) is 3.26. The van der Waals surface area contributed by atoms with Gasteiger partial charge in [0.05, 0.1) is 4.34 Å². The van der Waals surface area contributed by atoms with Gasteiger partial charge >= 0.3 is 0 Å². The molecule has 1 rings (SSSR count). The second kappa shape index (κ2) is 4.05. The molecule has 0 aliphatic carbocycles. The van der Waals surface area contributed by atoms with Crippen LogP contribution in [0.2, 0.25) is 4.34 Å². The Morgan fingerprint density at radius 3 is 2.77 bits per heavy atom. The number of nitrogens with zero attached hydrogens (tertiary/aromatic N) is 1. The Balaban J connectivity index is 3.01. The summed E-state index contributed by atoms with van der Waals surface area (Å²) in [5.41, 5.74) is 1.50. The number of nitrogens with one attached hydrogen (secondary N) is 1. The Morgan fingerprint density at radius 2 is 2.31 bits per heavy atom. The van der Waals surface area contributed by atoms with E-state index in [0.29, 0.717) is 10.7 Å². The predicted octanol–water partition coefficient (Wildman–Crippen LogP) is 1.10. The molecule has 1 heterocycles. The number of halogens is 1. The molecular weight excluding hydrogens is 236 g/mol. The molecule has 1 aromatic rings. The SMILES string of the molecule is O=S(=O)(N=CNO)c1ccc(Cl)s1. The van der Waals surface area contributed by atoms with Crippen LogP contribution in [0.5, 0.6) is 0 Å². The van der Waals surface area contributed by atoms with Crippen molar-refractivity contribution in [2.24, 2.45) is 4.40 Å². The summed E-state index contributed by atoms with van der Waals surface area (Å²) in [7, 11) is -3.72. The van der Waals surface area contributed by atoms with E-state index < -0.39 is 10.0 Å². The molecular formula is C5H5ClN2O3S2. The summed E-state index contributed by atoms with van der Waals surface area (Å²) >= 11 is 6.44. The fourth-order valence-electron chi connectivity index (χ4n) is 0.581. The van der Waals surface area contributed by atoms with Crippen LogP contribution in [-0.4, -0.2) is 20.0 Å². The largest absolute Gasteiger partial charge is 0.293 e. The van der Waals surface area contributed by atoms with Gasteiger partial charge in [-0.15, -0.1) is 15.7 Å². The van der Waals surface area contributed by atoms with Gasteiger partial charge in [-0.3, -0.25) is 10.7 Å². The number of hydrogen-bond acceptors (Lipinski definition) is 4. The lowest BCUT2D eigenvalue weighted by molar-refractivity contribution is 0.240. The molecule has 0 saturated heterocycles. The number of hydroxylamine groups is 1. The average molecular weight is 241 g/mol. The first kappa shape index (κ1) is 10.5. The quantitative estimate of drug-likeness (QED) is 0.471. The van der Waals surface area contributed by atoms with Gasteiger partial charge < -0.3 is 0 Å². The van der Waals surface area contributed by atoms with E-state index >= 15 is 0 Å². The first-order valence-corrected chi connectivity index (χ1v) is 5.63. The molecule has 0 aliphatic rings. The molecule has 0 radical (unpaired) electrons. The molecule has 0 spiro atoms. The minimum Gasteiger partial charge on any atom is -0.290 e. The van der Waals surface area contributed by atoms with Crippen LogP contribution in [0, 0.1) is 0 Å². The summed E-state index contributed by atoms with van der Waals surface area (Å²) in [5.74, 6) is 0. The van der Waals surface area contributed by atoms with Crippen LogP contribution in [-0.2, 0) is 10.0 Å². The lowest BCUT2D eigenvalue weighted by Gasteiger charge is -1.91. The van der Waals surface area contributed by atoms with Gasteiger partial charge in [0, 0.05) is 0 Å². The molecule has 5 nitrogen and oxygen atoms in total. The van der Waals surface area contributed by atoms with E-state index in [1.807, 2.05) is 0 Å². The summed E-state index contributed by atoms with van der Waals surface area (Å²) in [6.45, 7) is 0. The maximum atomic E-state index is 11.2. The van der Waals surface area contributed by atoms with Gasteiger partial charge in [0.15, 0.2) is 0 Å². The average Bonchev–Trinajstić information content (AvgIpc) is 2.49. The molecule has 72 valence electrons. The zero-order valence-corrected chi connectivity index (χ0v) is 8.53. The van der Waals surface area contributed by atoms with Crippen molar-refractivity contribution in [1.82, 2.24) is 5.48 Å². The van der Waals surface area contributed by atoms with Crippen molar-refractivity contribution in [3.05, 3.63) is 16.5 Å². The van der Waals surface area contributed by atoms with Gasteiger partial charge in [0.2, 0.25) is 0 Å². The van der Waals surface area contributed by atoms with Crippen LogP contribution >= 0.6 is 22.9 Å². The van der Waals surface area contributed by atoms with Crippen LogP contribution in [0.1, 0.15) is 0 Å². The normalized spacial score (nSPS) is 12.2. The fourth-order valence-corrected chi connectivity index (χ4v) is 2.84. The van der Waals surface area contributed by atoms with E-state index in [4.69, 9.17) is 16.8 Å². The monoisotopic (exact) mass is 240 g/mol. The summed E-state index contributed by atoms with van der Waals surface area (Å²) in [6.07, 6.45) is 0.670. The molecule has 0 atom stereocenters. The molecule has 1 aromatic heterocycles. The Morgan fingerprint density at radius 1 is 1.62 bits per heavy atom. The molecule has 13 heavy (non-hydrogen) atoms. The van der Waals surface area contributed by atoms with E-state index in [2.05, 4.69) is 4.40 Å². The van der Waals surface area contributed by atoms with Crippen LogP contribution in [0.15, 0.2) is 20.7 Å². The Labute approximate surface area is 83.7 Å². The third kappa shape index (κ3) is 2.66. The topological polar surface area (TPSA) is 78.8 Å². The first-order chi connectivity index (χ1) is 6.06. The van der Waals surface area contributed by atoms with Gasteiger partial charge in [0.1, 0.15) is 10.5 Å². The minimum absolute atomic E-state index is 0.0315. The van der Waals surface area contributed by atoms with Gasteiger partial charge in [-0.1, -0.05) is 11.6 Å². The van der Waals surface area contributed by atoms with Crippen molar-refractivity contribution in [2.75, 3.05) is 0 Å². The highest BCUT2D eigenvalue weighted by Gasteiger charge is 2.13. The second-order valence-corrected chi connectivity index (χ2v) is 5.47. The minimum atomic E-state index is -3.72. The Bertz CT molecular complexity index is 411. The van der Waals surface area contributed by atoms with E-state index in [-0.39, 0.29) is 4.21 Å². The fraction of sp³-hybridized carbons (Fsp3) is 0. The van der Waals surface area contributed by atoms with E-state index in [0.717, 1.165) is 11.3 Å². The molecule has 0 amide bonds. The standard InChI is InChI=1S/C5H5ClN2O3S2/c6-4-1-2-5(12-4)13(10,11)8-3-7-9/h1-3,9H,(H,7,8). The maximum Gasteiger partial charge on any atom is 0.293 e. The van der Waals surface area contributed by atoms with Gasteiger partial charge in [-0.2, -0.15) is 8.42 Å². The lowest BCUT2D eigenvalue weighted by Crippen LogP contribution is -2.05. The molecule has 0 saturated carbocycles. The van der Waals surface area contributed by atoms with Crippen molar-refractivity contribution in [2.45, 2.75) is 4.21 Å². The number of thiophene rings is 1. The number of rotatable bonds is 3. The van der Waals surface area contributed by atoms with Crippen LogP contribution in [0.4, 0.5) is 0 Å². The first-order valence-electron chi connectivity index (χ1n) is 3.00. The van der Waals surface area contributed by atoms with Gasteiger partial charge in [-0.25, -0.2) is 0 Å². The lowest BCUT2D eigenvalue weighted by atomic mass is 10.7. The molecule has 0 aromatic carbocycles. The van der Waals surface area contributed by atoms with Crippen molar-refractivity contribution >= 4 is 39.3 Å². The van der Waals surface area contributed by atoms with Crippen LogP contribution < -0.4 is 5.48 Å². The van der Waals surface area contributed by atoms with Gasteiger partial charge in [0.25, 0.3) is 10.0 Å².